The maximum Gasteiger partial charge on any atom is 0.350 e. The fraction of sp³-hybridized carbons (Fsp3) is 0.214. The molecule has 196 valence electrons. The Morgan fingerprint density at radius 1 is 1.21 bits per heavy atom. The fourth-order valence-electron chi connectivity index (χ4n) is 4.15. The minimum Gasteiger partial charge on any atom is -0.507 e. The minimum absolute atomic E-state index is 0.106. The largest absolute Gasteiger partial charge is 0.507 e. The molecule has 0 bridgehead atoms. The van der Waals surface area contributed by atoms with E-state index in [4.69, 9.17) is 21.1 Å². The van der Waals surface area contributed by atoms with E-state index in [0.29, 0.717) is 39.8 Å². The quantitative estimate of drug-likeness (QED) is 0.124. The third kappa shape index (κ3) is 5.07. The second kappa shape index (κ2) is 11.2. The lowest BCUT2D eigenvalue weighted by molar-refractivity contribution is -0.132. The lowest BCUT2D eigenvalue weighted by Gasteiger charge is -2.23. The minimum atomic E-state index is -1.01. The van der Waals surface area contributed by atoms with Crippen molar-refractivity contribution >= 4 is 51.5 Å². The normalized spacial score (nSPS) is 16.5. The van der Waals surface area contributed by atoms with Gasteiger partial charge >= 0.3 is 11.9 Å². The van der Waals surface area contributed by atoms with E-state index in [2.05, 4.69) is 11.6 Å². The molecule has 3 aromatic rings. The highest BCUT2D eigenvalue weighted by Gasteiger charge is 2.48. The second-order valence-corrected chi connectivity index (χ2v) is 9.84. The number of thiazole rings is 1. The van der Waals surface area contributed by atoms with Gasteiger partial charge in [-0.05, 0) is 62.2 Å². The van der Waals surface area contributed by atoms with Crippen LogP contribution in [0, 0.1) is 13.8 Å². The van der Waals surface area contributed by atoms with Gasteiger partial charge in [-0.25, -0.2) is 9.78 Å². The SMILES string of the molecule is C=CCOc1ccc(/C(O)=C2\C(=O)C(=O)N(c3nc(C)c(C(=O)OCC)s3)C2c2ccc(Cl)cc2)c(C)c1. The number of carbonyl (C=O) groups excluding carboxylic acids is 3. The molecule has 2 aromatic carbocycles. The number of esters is 1. The first-order chi connectivity index (χ1) is 18.2. The summed E-state index contributed by atoms with van der Waals surface area (Å²) in [5.41, 5.74) is 1.80. The number of anilines is 1. The molecule has 0 spiro atoms. The number of rotatable bonds is 8. The van der Waals surface area contributed by atoms with Crippen molar-refractivity contribution in [2.24, 2.45) is 0 Å². The zero-order valence-corrected chi connectivity index (χ0v) is 22.6. The zero-order valence-electron chi connectivity index (χ0n) is 21.0. The number of hydrogen-bond donors (Lipinski definition) is 1. The summed E-state index contributed by atoms with van der Waals surface area (Å²) in [7, 11) is 0. The summed E-state index contributed by atoms with van der Waals surface area (Å²) in [5.74, 6) is -2.09. The monoisotopic (exact) mass is 552 g/mol. The highest BCUT2D eigenvalue weighted by atomic mass is 35.5. The number of carbonyl (C=O) groups is 3. The van der Waals surface area contributed by atoms with E-state index in [1.807, 2.05) is 0 Å². The summed E-state index contributed by atoms with van der Waals surface area (Å²) in [6, 6.07) is 10.6. The number of aromatic nitrogens is 1. The van der Waals surface area contributed by atoms with E-state index < -0.39 is 23.7 Å². The van der Waals surface area contributed by atoms with Gasteiger partial charge in [0.25, 0.3) is 5.78 Å². The Bertz CT molecular complexity index is 1460. The van der Waals surface area contributed by atoms with Gasteiger partial charge in [0, 0.05) is 10.6 Å². The van der Waals surface area contributed by atoms with E-state index in [-0.39, 0.29) is 27.9 Å². The van der Waals surface area contributed by atoms with Crippen LogP contribution >= 0.6 is 22.9 Å². The second-order valence-electron chi connectivity index (χ2n) is 8.43. The summed E-state index contributed by atoms with van der Waals surface area (Å²) >= 11 is 7.04. The van der Waals surface area contributed by atoms with E-state index in [1.54, 1.807) is 69.3 Å². The topological polar surface area (TPSA) is 106 Å². The van der Waals surface area contributed by atoms with Crippen molar-refractivity contribution in [1.82, 2.24) is 4.98 Å². The van der Waals surface area contributed by atoms with Crippen LogP contribution in [0.5, 0.6) is 5.75 Å². The van der Waals surface area contributed by atoms with E-state index >= 15 is 0 Å². The Morgan fingerprint density at radius 3 is 2.55 bits per heavy atom. The van der Waals surface area contributed by atoms with Crippen LogP contribution in [0.1, 0.15) is 45.0 Å². The number of ether oxygens (including phenoxy) is 2. The summed E-state index contributed by atoms with van der Waals surface area (Å²) in [5, 5.41) is 12.0. The number of halogens is 1. The molecule has 1 aromatic heterocycles. The van der Waals surface area contributed by atoms with Gasteiger partial charge in [-0.2, -0.15) is 0 Å². The third-order valence-electron chi connectivity index (χ3n) is 5.90. The molecule has 0 aliphatic carbocycles. The Hall–Kier alpha value is -3.95. The summed E-state index contributed by atoms with van der Waals surface area (Å²) < 4.78 is 10.7. The van der Waals surface area contributed by atoms with Gasteiger partial charge in [-0.15, -0.1) is 0 Å². The summed E-state index contributed by atoms with van der Waals surface area (Å²) in [4.78, 5) is 45.1. The standard InChI is InChI=1S/C28H25ClN2O6S/c1-5-13-37-19-11-12-20(15(3)14-19)23(32)21-22(17-7-9-18(29)10-8-17)31(26(34)24(21)33)28-30-16(4)25(38-28)27(35)36-6-2/h5,7-12,14,22,32H,1,6,13H2,2-4H3/b23-21+. The molecular formula is C28H25ClN2O6S. The lowest BCUT2D eigenvalue weighted by Crippen LogP contribution is -2.29. The Balaban J connectivity index is 1.88. The molecule has 8 nitrogen and oxygen atoms in total. The van der Waals surface area contributed by atoms with Crippen molar-refractivity contribution in [2.75, 3.05) is 18.1 Å². The summed E-state index contributed by atoms with van der Waals surface area (Å²) in [6.07, 6.45) is 1.62. The Morgan fingerprint density at radius 2 is 1.92 bits per heavy atom. The van der Waals surface area contributed by atoms with E-state index in [0.717, 1.165) is 11.3 Å². The number of Topliss-reactive ketones (excluding diaryl/α,β-unsaturated/α-hetero) is 1. The molecule has 1 unspecified atom stereocenters. The number of amides is 1. The number of benzene rings is 2. The molecule has 38 heavy (non-hydrogen) atoms. The predicted molar refractivity (Wildman–Crippen MR) is 146 cm³/mol. The third-order valence-corrected chi connectivity index (χ3v) is 7.29. The van der Waals surface area contributed by atoms with Gasteiger partial charge in [-0.3, -0.25) is 14.5 Å². The van der Waals surface area contributed by atoms with Crippen molar-refractivity contribution in [3.8, 4) is 5.75 Å². The van der Waals surface area contributed by atoms with Gasteiger partial charge < -0.3 is 14.6 Å². The fourth-order valence-corrected chi connectivity index (χ4v) is 5.27. The maximum atomic E-state index is 13.4. The predicted octanol–water partition coefficient (Wildman–Crippen LogP) is 5.78. The highest BCUT2D eigenvalue weighted by molar-refractivity contribution is 7.17. The van der Waals surface area contributed by atoms with Crippen LogP contribution in [0.15, 0.2) is 60.7 Å². The van der Waals surface area contributed by atoms with Crippen molar-refractivity contribution < 1.29 is 29.0 Å². The molecule has 1 amide bonds. The van der Waals surface area contributed by atoms with Crippen molar-refractivity contribution in [3.05, 3.63) is 93.0 Å². The molecular weight excluding hydrogens is 528 g/mol. The number of nitrogens with zero attached hydrogens (tertiary/aromatic N) is 2. The molecule has 2 heterocycles. The van der Waals surface area contributed by atoms with Crippen LogP contribution < -0.4 is 9.64 Å². The first-order valence-electron chi connectivity index (χ1n) is 11.7. The number of ketones is 1. The maximum absolute atomic E-state index is 13.4. The van der Waals surface area contributed by atoms with E-state index in [9.17, 15) is 19.5 Å². The molecule has 1 fully saturated rings. The van der Waals surface area contributed by atoms with Crippen LogP contribution in [0.25, 0.3) is 5.76 Å². The molecule has 1 aliphatic rings. The molecule has 1 atom stereocenters. The van der Waals surface area contributed by atoms with Crippen molar-refractivity contribution in [1.29, 1.82) is 0 Å². The Kier molecular flexibility index (Phi) is 7.99. The molecule has 10 heteroatoms. The number of hydrogen-bond acceptors (Lipinski definition) is 8. The average Bonchev–Trinajstić information content (AvgIpc) is 3.39. The highest BCUT2D eigenvalue weighted by Crippen LogP contribution is 2.44. The number of aliphatic hydroxyl groups is 1. The van der Waals surface area contributed by atoms with Gasteiger partial charge in [0.05, 0.1) is 23.9 Å². The smallest absolute Gasteiger partial charge is 0.350 e. The first-order valence-corrected chi connectivity index (χ1v) is 12.9. The molecule has 4 rings (SSSR count). The number of aliphatic hydroxyl groups excluding tert-OH is 1. The van der Waals surface area contributed by atoms with Gasteiger partial charge in [0.1, 0.15) is 23.0 Å². The molecule has 0 radical (unpaired) electrons. The van der Waals surface area contributed by atoms with Crippen molar-refractivity contribution in [3.63, 3.8) is 0 Å². The van der Waals surface area contributed by atoms with Crippen LogP contribution in [0.2, 0.25) is 5.02 Å². The Labute approximate surface area is 228 Å². The molecule has 1 N–H and O–H groups in total. The van der Waals surface area contributed by atoms with Crippen molar-refractivity contribution in [2.45, 2.75) is 26.8 Å². The van der Waals surface area contributed by atoms with Gasteiger partial charge in [0.15, 0.2) is 5.13 Å². The van der Waals surface area contributed by atoms with Gasteiger partial charge in [-0.1, -0.05) is 47.7 Å². The zero-order chi connectivity index (χ0) is 27.6. The molecule has 1 aliphatic heterocycles. The molecule has 0 saturated carbocycles. The molecule has 1 saturated heterocycles. The van der Waals surface area contributed by atoms with Gasteiger partial charge in [0.2, 0.25) is 0 Å². The van der Waals surface area contributed by atoms with Crippen LogP contribution in [-0.2, 0) is 14.3 Å². The van der Waals surface area contributed by atoms with Crippen LogP contribution in [0.4, 0.5) is 5.13 Å². The average molecular weight is 553 g/mol. The summed E-state index contributed by atoms with van der Waals surface area (Å²) in [6.45, 7) is 9.19. The van der Waals surface area contributed by atoms with Crippen LogP contribution in [0.3, 0.4) is 0 Å². The number of aryl methyl sites for hydroxylation is 2. The van der Waals surface area contributed by atoms with Crippen LogP contribution in [-0.4, -0.2) is 41.0 Å². The lowest BCUT2D eigenvalue weighted by atomic mass is 9.94. The van der Waals surface area contributed by atoms with E-state index in [1.165, 1.54) is 4.90 Å². The first kappa shape index (κ1) is 27.1.